The lowest BCUT2D eigenvalue weighted by Crippen LogP contribution is -2.31. The molecule has 0 saturated carbocycles. The molecule has 1 aromatic carbocycles. The van der Waals surface area contributed by atoms with Crippen LogP contribution in [0.5, 0.6) is 0 Å². The van der Waals surface area contributed by atoms with Gasteiger partial charge in [-0.2, -0.15) is 5.10 Å². The first-order valence-electron chi connectivity index (χ1n) is 6.48. The van der Waals surface area contributed by atoms with E-state index in [1.807, 2.05) is 36.4 Å². The molecule has 0 radical (unpaired) electrons. The lowest BCUT2D eigenvalue weighted by molar-refractivity contribution is 0.196. The van der Waals surface area contributed by atoms with E-state index in [0.717, 1.165) is 16.8 Å². The first kappa shape index (κ1) is 13.6. The third kappa shape index (κ3) is 2.73. The molecule has 0 saturated heterocycles. The highest BCUT2D eigenvalue weighted by Crippen LogP contribution is 2.32. The standard InChI is InChI=1S/C15H13ClN4O/c16-14-7-6-11(9-18-14)13-8-12(19-20(13)15(17)21)10-4-2-1-3-5-10/h1-7,9,13H,8H2,(H2,17,21). The summed E-state index contributed by atoms with van der Waals surface area (Å²) in [7, 11) is 0. The van der Waals surface area contributed by atoms with Crippen LogP contribution in [0.25, 0.3) is 0 Å². The number of urea groups is 1. The van der Waals surface area contributed by atoms with Crippen LogP contribution in [0.15, 0.2) is 53.8 Å². The molecule has 1 aliphatic rings. The molecule has 0 bridgehead atoms. The summed E-state index contributed by atoms with van der Waals surface area (Å²) < 4.78 is 0. The number of nitrogens with zero attached hydrogens (tertiary/aromatic N) is 3. The molecule has 2 N–H and O–H groups in total. The fourth-order valence-corrected chi connectivity index (χ4v) is 2.47. The van der Waals surface area contributed by atoms with Gasteiger partial charge in [0, 0.05) is 12.6 Å². The molecule has 106 valence electrons. The highest BCUT2D eigenvalue weighted by atomic mass is 35.5. The van der Waals surface area contributed by atoms with Crippen LogP contribution in [-0.4, -0.2) is 21.7 Å². The Morgan fingerprint density at radius 3 is 2.62 bits per heavy atom. The smallest absolute Gasteiger partial charge is 0.335 e. The van der Waals surface area contributed by atoms with Gasteiger partial charge in [0.25, 0.3) is 0 Å². The third-order valence-corrected chi connectivity index (χ3v) is 3.60. The number of rotatable bonds is 2. The van der Waals surface area contributed by atoms with E-state index in [4.69, 9.17) is 17.3 Å². The molecular formula is C15H13ClN4O. The molecule has 0 fully saturated rings. The van der Waals surface area contributed by atoms with Gasteiger partial charge in [0.15, 0.2) is 0 Å². The quantitative estimate of drug-likeness (QED) is 0.866. The fraction of sp³-hybridized carbons (Fsp3) is 0.133. The molecule has 2 amide bonds. The predicted molar refractivity (Wildman–Crippen MR) is 81.0 cm³/mol. The first-order valence-corrected chi connectivity index (χ1v) is 6.86. The number of amides is 2. The monoisotopic (exact) mass is 300 g/mol. The second kappa shape index (κ2) is 5.54. The summed E-state index contributed by atoms with van der Waals surface area (Å²) in [5.41, 5.74) is 8.09. The molecule has 21 heavy (non-hydrogen) atoms. The van der Waals surface area contributed by atoms with Crippen LogP contribution in [-0.2, 0) is 0 Å². The van der Waals surface area contributed by atoms with Gasteiger partial charge in [0.05, 0.1) is 11.8 Å². The van der Waals surface area contributed by atoms with Crippen LogP contribution in [0.3, 0.4) is 0 Å². The third-order valence-electron chi connectivity index (χ3n) is 3.38. The number of primary amides is 1. The van der Waals surface area contributed by atoms with Gasteiger partial charge in [0.2, 0.25) is 0 Å². The van der Waals surface area contributed by atoms with E-state index in [0.29, 0.717) is 11.6 Å². The fourth-order valence-electron chi connectivity index (χ4n) is 2.36. The zero-order chi connectivity index (χ0) is 14.8. The Bertz CT molecular complexity index is 685. The first-order chi connectivity index (χ1) is 10.1. The highest BCUT2D eigenvalue weighted by Gasteiger charge is 2.32. The summed E-state index contributed by atoms with van der Waals surface area (Å²) in [6, 6.07) is 12.4. The van der Waals surface area contributed by atoms with Gasteiger partial charge >= 0.3 is 6.03 Å². The Morgan fingerprint density at radius 1 is 1.24 bits per heavy atom. The number of carbonyl (C=O) groups excluding carboxylic acids is 1. The van der Waals surface area contributed by atoms with Crippen molar-refractivity contribution in [1.29, 1.82) is 0 Å². The minimum absolute atomic E-state index is 0.248. The Hall–Kier alpha value is -2.40. The molecule has 1 unspecified atom stereocenters. The summed E-state index contributed by atoms with van der Waals surface area (Å²) in [5.74, 6) is 0. The maximum atomic E-state index is 11.6. The number of aromatic nitrogens is 1. The van der Waals surface area contributed by atoms with Gasteiger partial charge in [-0.3, -0.25) is 0 Å². The van der Waals surface area contributed by atoms with E-state index in [1.54, 1.807) is 12.3 Å². The molecule has 1 aromatic heterocycles. The zero-order valence-electron chi connectivity index (χ0n) is 11.1. The Labute approximate surface area is 127 Å². The van der Waals surface area contributed by atoms with Gasteiger partial charge < -0.3 is 5.73 Å². The lowest BCUT2D eigenvalue weighted by Gasteiger charge is -2.19. The summed E-state index contributed by atoms with van der Waals surface area (Å²) in [4.78, 5) is 15.7. The molecule has 3 rings (SSSR count). The molecule has 1 aliphatic heterocycles. The zero-order valence-corrected chi connectivity index (χ0v) is 11.9. The number of nitrogens with two attached hydrogens (primary N) is 1. The van der Waals surface area contributed by atoms with Crippen molar-refractivity contribution in [3.8, 4) is 0 Å². The minimum atomic E-state index is -0.583. The molecule has 0 aliphatic carbocycles. The van der Waals surface area contributed by atoms with Crippen molar-refractivity contribution >= 4 is 23.3 Å². The van der Waals surface area contributed by atoms with E-state index < -0.39 is 6.03 Å². The van der Waals surface area contributed by atoms with Gasteiger partial charge in [-0.1, -0.05) is 48.0 Å². The average molecular weight is 301 g/mol. The Balaban J connectivity index is 1.93. The predicted octanol–water partition coefficient (Wildman–Crippen LogP) is 2.96. The summed E-state index contributed by atoms with van der Waals surface area (Å²) in [6.07, 6.45) is 2.24. The summed E-state index contributed by atoms with van der Waals surface area (Å²) in [5, 5.41) is 6.06. The van der Waals surface area contributed by atoms with Crippen LogP contribution in [0.1, 0.15) is 23.6 Å². The van der Waals surface area contributed by atoms with Gasteiger partial charge in [-0.15, -0.1) is 0 Å². The molecule has 2 heterocycles. The number of halogens is 1. The van der Waals surface area contributed by atoms with E-state index in [-0.39, 0.29) is 6.04 Å². The molecular weight excluding hydrogens is 288 g/mol. The second-order valence-electron chi connectivity index (χ2n) is 4.73. The van der Waals surface area contributed by atoms with Crippen molar-refractivity contribution in [2.24, 2.45) is 10.8 Å². The second-order valence-corrected chi connectivity index (χ2v) is 5.12. The minimum Gasteiger partial charge on any atom is -0.350 e. The van der Waals surface area contributed by atoms with Gasteiger partial charge in [-0.05, 0) is 17.2 Å². The highest BCUT2D eigenvalue weighted by molar-refractivity contribution is 6.29. The SMILES string of the molecule is NC(=O)N1N=C(c2ccccc2)CC1c1ccc(Cl)nc1. The van der Waals surface area contributed by atoms with Crippen LogP contribution in [0, 0.1) is 0 Å². The van der Waals surface area contributed by atoms with Gasteiger partial charge in [-0.25, -0.2) is 14.8 Å². The van der Waals surface area contributed by atoms with Crippen LogP contribution < -0.4 is 5.73 Å². The number of hydrazone groups is 1. The van der Waals surface area contributed by atoms with Crippen LogP contribution in [0.4, 0.5) is 4.79 Å². The Morgan fingerprint density at radius 2 is 2.00 bits per heavy atom. The number of benzene rings is 1. The lowest BCUT2D eigenvalue weighted by atomic mass is 10.00. The van der Waals surface area contributed by atoms with Crippen molar-refractivity contribution in [1.82, 2.24) is 9.99 Å². The van der Waals surface area contributed by atoms with E-state index in [2.05, 4.69) is 10.1 Å². The van der Waals surface area contributed by atoms with E-state index in [1.165, 1.54) is 5.01 Å². The molecule has 0 spiro atoms. The number of carbonyl (C=O) groups is 1. The van der Waals surface area contributed by atoms with Crippen LogP contribution in [0.2, 0.25) is 5.15 Å². The molecule has 6 heteroatoms. The number of hydrogen-bond donors (Lipinski definition) is 1. The number of hydrogen-bond acceptors (Lipinski definition) is 3. The van der Waals surface area contributed by atoms with Crippen LogP contribution >= 0.6 is 11.6 Å². The van der Waals surface area contributed by atoms with Crippen molar-refractivity contribution in [2.75, 3.05) is 0 Å². The van der Waals surface area contributed by atoms with Crippen molar-refractivity contribution in [3.63, 3.8) is 0 Å². The van der Waals surface area contributed by atoms with Crippen molar-refractivity contribution in [2.45, 2.75) is 12.5 Å². The number of pyridine rings is 1. The molecule has 5 nitrogen and oxygen atoms in total. The molecule has 2 aromatic rings. The average Bonchev–Trinajstić information content (AvgIpc) is 2.94. The maximum Gasteiger partial charge on any atom is 0.335 e. The maximum absolute atomic E-state index is 11.6. The van der Waals surface area contributed by atoms with E-state index in [9.17, 15) is 4.79 Å². The summed E-state index contributed by atoms with van der Waals surface area (Å²) in [6.45, 7) is 0. The largest absolute Gasteiger partial charge is 0.350 e. The molecule has 1 atom stereocenters. The van der Waals surface area contributed by atoms with Crippen molar-refractivity contribution in [3.05, 3.63) is 64.9 Å². The topological polar surface area (TPSA) is 71.6 Å². The van der Waals surface area contributed by atoms with Crippen molar-refractivity contribution < 1.29 is 4.79 Å². The normalized spacial score (nSPS) is 17.7. The van der Waals surface area contributed by atoms with Gasteiger partial charge in [0.1, 0.15) is 5.15 Å². The summed E-state index contributed by atoms with van der Waals surface area (Å²) >= 11 is 5.80. The Kier molecular flexibility index (Phi) is 3.58. The van der Waals surface area contributed by atoms with E-state index >= 15 is 0 Å².